The molecule has 0 spiro atoms. The summed E-state index contributed by atoms with van der Waals surface area (Å²) in [5, 5.41) is 10.3. The topological polar surface area (TPSA) is 67.7 Å². The number of nitrogens with one attached hydrogen (secondary N) is 2. The van der Waals surface area contributed by atoms with E-state index in [0.29, 0.717) is 19.0 Å². The fraction of sp³-hybridized carbons (Fsp3) is 0.462. The molecule has 0 aliphatic carbocycles. The lowest BCUT2D eigenvalue weighted by Gasteiger charge is -2.08. The van der Waals surface area contributed by atoms with Gasteiger partial charge < -0.3 is 10.6 Å². The number of anilines is 2. The van der Waals surface area contributed by atoms with E-state index < -0.39 is 5.82 Å². The zero-order valence-electron chi connectivity index (χ0n) is 11.9. The lowest BCUT2D eigenvalue weighted by Crippen LogP contribution is -2.09. The van der Waals surface area contributed by atoms with Crippen LogP contribution in [0.4, 0.5) is 16.2 Å². The van der Waals surface area contributed by atoms with Gasteiger partial charge in [0.25, 0.3) is 0 Å². The van der Waals surface area contributed by atoms with Crippen LogP contribution in [0.5, 0.6) is 0 Å². The molecular weight excluding hydrogens is 259 g/mol. The minimum Gasteiger partial charge on any atom is -0.363 e. The molecule has 2 heterocycles. The standard InChI is InChI=1S/C13H19FN6/c1-4-11-9(8-20(3)19-11)6-16-12-10(14)7-17-13(18-12)15-5-2/h7-8H,4-6H2,1-3H3,(H2,15,16,17,18). The van der Waals surface area contributed by atoms with Gasteiger partial charge in [0.1, 0.15) is 0 Å². The van der Waals surface area contributed by atoms with Gasteiger partial charge in [0.2, 0.25) is 5.95 Å². The number of nitrogens with zero attached hydrogens (tertiary/aromatic N) is 4. The monoisotopic (exact) mass is 278 g/mol. The molecule has 0 amide bonds. The van der Waals surface area contributed by atoms with Crippen LogP contribution in [0.3, 0.4) is 0 Å². The van der Waals surface area contributed by atoms with Crippen LogP contribution in [0.15, 0.2) is 12.4 Å². The van der Waals surface area contributed by atoms with Crippen molar-refractivity contribution in [3.05, 3.63) is 29.5 Å². The number of halogens is 1. The lowest BCUT2D eigenvalue weighted by molar-refractivity contribution is 0.617. The molecule has 0 atom stereocenters. The SMILES string of the molecule is CCNc1ncc(F)c(NCc2cn(C)nc2CC)n1. The average molecular weight is 278 g/mol. The van der Waals surface area contributed by atoms with E-state index in [9.17, 15) is 4.39 Å². The van der Waals surface area contributed by atoms with Crippen LogP contribution in [0.25, 0.3) is 0 Å². The van der Waals surface area contributed by atoms with E-state index in [0.717, 1.165) is 23.9 Å². The Labute approximate surface area is 117 Å². The van der Waals surface area contributed by atoms with Crippen LogP contribution in [-0.4, -0.2) is 26.3 Å². The zero-order chi connectivity index (χ0) is 14.5. The molecule has 2 N–H and O–H groups in total. The summed E-state index contributed by atoms with van der Waals surface area (Å²) in [4.78, 5) is 7.97. The predicted octanol–water partition coefficient (Wildman–Crippen LogP) is 1.96. The fourth-order valence-electron chi connectivity index (χ4n) is 1.94. The summed E-state index contributed by atoms with van der Waals surface area (Å²) in [6.07, 6.45) is 3.93. The largest absolute Gasteiger partial charge is 0.363 e. The van der Waals surface area contributed by atoms with Gasteiger partial charge in [-0.3, -0.25) is 4.68 Å². The first-order chi connectivity index (χ1) is 9.63. The highest BCUT2D eigenvalue weighted by Crippen LogP contribution is 2.14. The molecule has 20 heavy (non-hydrogen) atoms. The molecule has 6 nitrogen and oxygen atoms in total. The van der Waals surface area contributed by atoms with Gasteiger partial charge in [-0.15, -0.1) is 0 Å². The fourth-order valence-corrected chi connectivity index (χ4v) is 1.94. The summed E-state index contributed by atoms with van der Waals surface area (Å²) in [5.74, 6) is 0.147. The van der Waals surface area contributed by atoms with E-state index in [1.54, 1.807) is 4.68 Å². The minimum absolute atomic E-state index is 0.196. The summed E-state index contributed by atoms with van der Waals surface area (Å²) >= 11 is 0. The molecule has 2 aromatic heterocycles. The molecule has 0 saturated carbocycles. The van der Waals surface area contributed by atoms with Crippen LogP contribution in [0, 0.1) is 5.82 Å². The van der Waals surface area contributed by atoms with Gasteiger partial charge in [0.05, 0.1) is 11.9 Å². The van der Waals surface area contributed by atoms with Crippen LogP contribution in [-0.2, 0) is 20.0 Å². The number of hydrogen-bond donors (Lipinski definition) is 2. The van der Waals surface area contributed by atoms with E-state index in [-0.39, 0.29) is 5.82 Å². The highest BCUT2D eigenvalue weighted by molar-refractivity contribution is 5.41. The van der Waals surface area contributed by atoms with E-state index >= 15 is 0 Å². The maximum Gasteiger partial charge on any atom is 0.224 e. The Hall–Kier alpha value is -2.18. The van der Waals surface area contributed by atoms with Crippen molar-refractivity contribution in [2.75, 3.05) is 17.2 Å². The third-order valence-corrected chi connectivity index (χ3v) is 2.85. The molecule has 0 radical (unpaired) electrons. The molecule has 0 bridgehead atoms. The molecule has 2 rings (SSSR count). The second-order valence-corrected chi connectivity index (χ2v) is 4.40. The Morgan fingerprint density at radius 3 is 2.80 bits per heavy atom. The van der Waals surface area contributed by atoms with Crippen LogP contribution >= 0.6 is 0 Å². The van der Waals surface area contributed by atoms with E-state index in [1.165, 1.54) is 0 Å². The number of rotatable bonds is 6. The zero-order valence-corrected chi connectivity index (χ0v) is 11.9. The minimum atomic E-state index is -0.464. The normalized spacial score (nSPS) is 10.6. The van der Waals surface area contributed by atoms with Gasteiger partial charge in [-0.05, 0) is 13.3 Å². The first kappa shape index (κ1) is 14.2. The Balaban J connectivity index is 2.11. The Kier molecular flexibility index (Phi) is 4.49. The summed E-state index contributed by atoms with van der Waals surface area (Å²) in [7, 11) is 1.87. The van der Waals surface area contributed by atoms with Crippen molar-refractivity contribution in [2.45, 2.75) is 26.8 Å². The molecule has 0 fully saturated rings. The number of hydrogen-bond acceptors (Lipinski definition) is 5. The quantitative estimate of drug-likeness (QED) is 0.845. The summed E-state index contributed by atoms with van der Waals surface area (Å²) in [6, 6.07) is 0. The Morgan fingerprint density at radius 2 is 2.10 bits per heavy atom. The van der Waals surface area contributed by atoms with Crippen molar-refractivity contribution < 1.29 is 4.39 Å². The van der Waals surface area contributed by atoms with Gasteiger partial charge in [0, 0.05) is 31.9 Å². The molecular formula is C13H19FN6. The van der Waals surface area contributed by atoms with Crippen LogP contribution < -0.4 is 10.6 Å². The summed E-state index contributed by atoms with van der Waals surface area (Å²) in [5.41, 5.74) is 2.04. The highest BCUT2D eigenvalue weighted by Gasteiger charge is 2.09. The van der Waals surface area contributed by atoms with E-state index in [1.807, 2.05) is 27.1 Å². The lowest BCUT2D eigenvalue weighted by atomic mass is 10.2. The van der Waals surface area contributed by atoms with Gasteiger partial charge in [-0.25, -0.2) is 9.37 Å². The first-order valence-corrected chi connectivity index (χ1v) is 6.65. The third-order valence-electron chi connectivity index (χ3n) is 2.85. The first-order valence-electron chi connectivity index (χ1n) is 6.65. The average Bonchev–Trinajstić information content (AvgIpc) is 2.80. The molecule has 7 heteroatoms. The van der Waals surface area contributed by atoms with E-state index in [4.69, 9.17) is 0 Å². The van der Waals surface area contributed by atoms with Crippen molar-refractivity contribution in [1.82, 2.24) is 19.7 Å². The highest BCUT2D eigenvalue weighted by atomic mass is 19.1. The Morgan fingerprint density at radius 1 is 1.30 bits per heavy atom. The molecule has 0 unspecified atom stereocenters. The van der Waals surface area contributed by atoms with Crippen molar-refractivity contribution in [2.24, 2.45) is 7.05 Å². The molecule has 2 aromatic rings. The number of aromatic nitrogens is 4. The van der Waals surface area contributed by atoms with Crippen molar-refractivity contribution in [3.63, 3.8) is 0 Å². The Bertz CT molecular complexity index is 580. The van der Waals surface area contributed by atoms with Crippen LogP contribution in [0.2, 0.25) is 0 Å². The molecule has 0 aliphatic rings. The summed E-state index contributed by atoms with van der Waals surface area (Å²) < 4.78 is 15.4. The molecule has 0 aliphatic heterocycles. The maximum absolute atomic E-state index is 13.7. The predicted molar refractivity (Wildman–Crippen MR) is 76.1 cm³/mol. The van der Waals surface area contributed by atoms with Gasteiger partial charge in [0.15, 0.2) is 11.6 Å². The maximum atomic E-state index is 13.7. The molecule has 0 saturated heterocycles. The second kappa shape index (κ2) is 6.31. The third kappa shape index (κ3) is 3.23. The van der Waals surface area contributed by atoms with Crippen molar-refractivity contribution in [3.8, 4) is 0 Å². The molecule has 0 aromatic carbocycles. The van der Waals surface area contributed by atoms with Crippen LogP contribution in [0.1, 0.15) is 25.1 Å². The van der Waals surface area contributed by atoms with Gasteiger partial charge in [-0.1, -0.05) is 6.92 Å². The van der Waals surface area contributed by atoms with Gasteiger partial charge in [-0.2, -0.15) is 10.1 Å². The molecule has 108 valence electrons. The summed E-state index contributed by atoms with van der Waals surface area (Å²) in [6.45, 7) is 5.15. The second-order valence-electron chi connectivity index (χ2n) is 4.40. The van der Waals surface area contributed by atoms with Gasteiger partial charge >= 0.3 is 0 Å². The smallest absolute Gasteiger partial charge is 0.224 e. The number of aryl methyl sites for hydroxylation is 2. The van der Waals surface area contributed by atoms with Crippen molar-refractivity contribution in [1.29, 1.82) is 0 Å². The van der Waals surface area contributed by atoms with E-state index in [2.05, 4.69) is 25.7 Å². The van der Waals surface area contributed by atoms with Crippen molar-refractivity contribution >= 4 is 11.8 Å².